The van der Waals surface area contributed by atoms with Crippen molar-refractivity contribution in [2.24, 2.45) is 0 Å². The van der Waals surface area contributed by atoms with Crippen LogP contribution >= 0.6 is 22.6 Å². The number of hydrogen-bond donors (Lipinski definition) is 0. The van der Waals surface area contributed by atoms with E-state index in [1.165, 1.54) is 0 Å². The third-order valence-electron chi connectivity index (χ3n) is 1.95. The van der Waals surface area contributed by atoms with Gasteiger partial charge in [-0.05, 0) is 25.0 Å². The Morgan fingerprint density at radius 3 is 2.73 bits per heavy atom. The third-order valence-corrected chi connectivity index (χ3v) is 3.73. The van der Waals surface area contributed by atoms with E-state index in [1.54, 1.807) is 0 Å². The molecule has 0 aliphatic heterocycles. The zero-order valence-corrected chi connectivity index (χ0v) is 11.6. The van der Waals surface area contributed by atoms with Crippen LogP contribution in [0.4, 0.5) is 0 Å². The molecule has 2 nitrogen and oxygen atoms in total. The molecule has 1 rings (SSSR count). The highest BCUT2D eigenvalue weighted by atomic mass is 79.9. The lowest BCUT2D eigenvalue weighted by Crippen LogP contribution is -1.91. The van der Waals surface area contributed by atoms with E-state index in [2.05, 4.69) is 22.4 Å². The topological polar surface area (TPSA) is 18.5 Å². The van der Waals surface area contributed by atoms with Crippen LogP contribution < -0.4 is 4.52 Å². The molecular weight excluding hydrogens is 275 g/mol. The summed E-state index contributed by atoms with van der Waals surface area (Å²) in [6, 6.07) is 7.94. The molecule has 0 bridgehead atoms. The molecule has 0 saturated heterocycles. The van der Waals surface area contributed by atoms with Gasteiger partial charge in [0.05, 0.1) is 6.61 Å². The summed E-state index contributed by atoms with van der Waals surface area (Å²) in [7, 11) is -0.972. The van der Waals surface area contributed by atoms with Gasteiger partial charge < -0.3 is 9.05 Å². The van der Waals surface area contributed by atoms with Gasteiger partial charge in [0.1, 0.15) is 5.75 Å². The Morgan fingerprint density at radius 2 is 2.07 bits per heavy atom. The van der Waals surface area contributed by atoms with Gasteiger partial charge in [0.15, 0.2) is 0 Å². The molecule has 0 amide bonds. The summed E-state index contributed by atoms with van der Waals surface area (Å²) in [6.07, 6.45) is 2.21. The van der Waals surface area contributed by atoms with Crippen LogP contribution in [0.25, 0.3) is 0 Å². The zero-order chi connectivity index (χ0) is 11.1. The van der Waals surface area contributed by atoms with Crippen molar-refractivity contribution in [3.05, 3.63) is 29.8 Å². The van der Waals surface area contributed by atoms with E-state index < -0.39 is 7.08 Å². The fourth-order valence-electron chi connectivity index (χ4n) is 1.04. The molecule has 1 unspecified atom stereocenters. The van der Waals surface area contributed by atoms with Crippen LogP contribution in [0, 0.1) is 6.92 Å². The minimum atomic E-state index is -0.972. The molecular formula is C11H16BrO2P. The second-order valence-electron chi connectivity index (χ2n) is 3.26. The van der Waals surface area contributed by atoms with Crippen LogP contribution in [0.5, 0.6) is 5.75 Å². The quantitative estimate of drug-likeness (QED) is 0.553. The van der Waals surface area contributed by atoms with Crippen molar-refractivity contribution < 1.29 is 9.05 Å². The van der Waals surface area contributed by atoms with Crippen LogP contribution in [-0.2, 0) is 4.52 Å². The molecule has 0 aliphatic rings. The van der Waals surface area contributed by atoms with Crippen molar-refractivity contribution in [1.82, 2.24) is 0 Å². The Hall–Kier alpha value is -0.110. The van der Waals surface area contributed by atoms with Crippen LogP contribution in [0.3, 0.4) is 0 Å². The molecule has 1 aromatic carbocycles. The molecule has 0 fully saturated rings. The molecule has 0 aromatic heterocycles. The van der Waals surface area contributed by atoms with Crippen molar-refractivity contribution in [2.45, 2.75) is 26.7 Å². The maximum Gasteiger partial charge on any atom is 0.307 e. The molecule has 84 valence electrons. The summed E-state index contributed by atoms with van der Waals surface area (Å²) < 4.78 is 11.2. The second kappa shape index (κ2) is 7.21. The molecule has 0 N–H and O–H groups in total. The number of halogens is 1. The smallest absolute Gasteiger partial charge is 0.307 e. The Morgan fingerprint density at radius 1 is 1.33 bits per heavy atom. The second-order valence-corrected chi connectivity index (χ2v) is 5.86. The molecule has 0 spiro atoms. The van der Waals surface area contributed by atoms with Gasteiger partial charge in [-0.25, -0.2) is 0 Å². The minimum absolute atomic E-state index is 0.749. The van der Waals surface area contributed by atoms with E-state index in [0.717, 1.165) is 30.8 Å². The van der Waals surface area contributed by atoms with Crippen molar-refractivity contribution in [3.63, 3.8) is 0 Å². The average Bonchev–Trinajstić information content (AvgIpc) is 2.22. The van der Waals surface area contributed by atoms with Gasteiger partial charge in [-0.15, -0.1) is 0 Å². The van der Waals surface area contributed by atoms with Crippen molar-refractivity contribution in [3.8, 4) is 5.75 Å². The SMILES string of the molecule is CCCCOP(Br)Oc1ccccc1C. The summed E-state index contributed by atoms with van der Waals surface area (Å²) in [4.78, 5) is 0. The maximum absolute atomic E-state index is 5.65. The van der Waals surface area contributed by atoms with Gasteiger partial charge in [-0.1, -0.05) is 31.5 Å². The summed E-state index contributed by atoms with van der Waals surface area (Å²) in [5.74, 6) is 0.886. The maximum atomic E-state index is 5.65. The molecule has 0 saturated carbocycles. The molecule has 15 heavy (non-hydrogen) atoms. The number of unbranched alkanes of at least 4 members (excludes halogenated alkanes) is 1. The Kier molecular flexibility index (Phi) is 6.23. The van der Waals surface area contributed by atoms with Gasteiger partial charge >= 0.3 is 7.08 Å². The van der Waals surface area contributed by atoms with Gasteiger partial charge in [0, 0.05) is 15.5 Å². The van der Waals surface area contributed by atoms with Crippen molar-refractivity contribution in [2.75, 3.05) is 6.61 Å². The van der Waals surface area contributed by atoms with E-state index in [-0.39, 0.29) is 0 Å². The lowest BCUT2D eigenvalue weighted by Gasteiger charge is -2.13. The van der Waals surface area contributed by atoms with E-state index >= 15 is 0 Å². The Bertz CT molecular complexity index is 294. The van der Waals surface area contributed by atoms with Crippen molar-refractivity contribution in [1.29, 1.82) is 0 Å². The standard InChI is InChI=1S/C11H16BrO2P/c1-3-4-9-13-15(12)14-11-8-6-5-7-10(11)2/h5-8H,3-4,9H2,1-2H3. The Labute approximate surface area is 101 Å². The third kappa shape index (κ3) is 4.96. The molecule has 4 heteroatoms. The fraction of sp³-hybridized carbons (Fsp3) is 0.455. The lowest BCUT2D eigenvalue weighted by molar-refractivity contribution is 0.318. The van der Waals surface area contributed by atoms with Gasteiger partial charge in [-0.2, -0.15) is 0 Å². The average molecular weight is 291 g/mol. The summed E-state index contributed by atoms with van der Waals surface area (Å²) in [5, 5.41) is 0. The highest BCUT2D eigenvalue weighted by Crippen LogP contribution is 2.47. The number of aryl methyl sites for hydroxylation is 1. The number of benzene rings is 1. The molecule has 0 aliphatic carbocycles. The summed E-state index contributed by atoms with van der Waals surface area (Å²) in [6.45, 7) is 4.92. The number of para-hydroxylation sites is 1. The van der Waals surface area contributed by atoms with Crippen LogP contribution in [0.2, 0.25) is 0 Å². The van der Waals surface area contributed by atoms with E-state index in [1.807, 2.05) is 31.2 Å². The van der Waals surface area contributed by atoms with Crippen LogP contribution in [0.15, 0.2) is 24.3 Å². The molecule has 1 aromatic rings. The number of hydrogen-bond acceptors (Lipinski definition) is 2. The summed E-state index contributed by atoms with van der Waals surface area (Å²) >= 11 is 3.40. The summed E-state index contributed by atoms with van der Waals surface area (Å²) in [5.41, 5.74) is 1.13. The van der Waals surface area contributed by atoms with Crippen LogP contribution in [-0.4, -0.2) is 6.61 Å². The first-order chi connectivity index (χ1) is 7.24. The predicted octanol–water partition coefficient (Wildman–Crippen LogP) is 4.81. The zero-order valence-electron chi connectivity index (χ0n) is 9.07. The predicted molar refractivity (Wildman–Crippen MR) is 68.5 cm³/mol. The molecule has 0 heterocycles. The molecule has 1 atom stereocenters. The monoisotopic (exact) mass is 290 g/mol. The minimum Gasteiger partial charge on any atom is -0.439 e. The highest BCUT2D eigenvalue weighted by molar-refractivity contribution is 9.38. The van der Waals surface area contributed by atoms with Gasteiger partial charge in [0.25, 0.3) is 0 Å². The fourth-order valence-corrected chi connectivity index (χ4v) is 2.63. The van der Waals surface area contributed by atoms with Crippen molar-refractivity contribution >= 4 is 22.6 Å². The highest BCUT2D eigenvalue weighted by Gasteiger charge is 2.08. The molecule has 0 radical (unpaired) electrons. The van der Waals surface area contributed by atoms with E-state index in [0.29, 0.717) is 0 Å². The largest absolute Gasteiger partial charge is 0.439 e. The normalized spacial score (nSPS) is 12.5. The van der Waals surface area contributed by atoms with Gasteiger partial charge in [-0.3, -0.25) is 0 Å². The van der Waals surface area contributed by atoms with Gasteiger partial charge in [0.2, 0.25) is 0 Å². The van der Waals surface area contributed by atoms with E-state index in [4.69, 9.17) is 9.05 Å². The number of rotatable bonds is 6. The first-order valence-electron chi connectivity index (χ1n) is 5.06. The first kappa shape index (κ1) is 13.0. The lowest BCUT2D eigenvalue weighted by atomic mass is 10.2. The van der Waals surface area contributed by atoms with Crippen LogP contribution in [0.1, 0.15) is 25.3 Å². The first-order valence-corrected chi connectivity index (χ1v) is 8.26. The van der Waals surface area contributed by atoms with E-state index in [9.17, 15) is 0 Å². The Balaban J connectivity index is 2.37.